The van der Waals surface area contributed by atoms with Crippen LogP contribution in [0.3, 0.4) is 0 Å². The molecule has 0 spiro atoms. The van der Waals surface area contributed by atoms with E-state index in [0.717, 1.165) is 25.7 Å². The highest BCUT2D eigenvalue weighted by Gasteiger charge is 2.10. The maximum atomic E-state index is 11.7. The van der Waals surface area contributed by atoms with E-state index in [2.05, 4.69) is 27.3 Å². The van der Waals surface area contributed by atoms with Gasteiger partial charge in [0.2, 0.25) is 11.8 Å². The van der Waals surface area contributed by atoms with E-state index in [1.807, 2.05) is 0 Å². The zero-order valence-corrected chi connectivity index (χ0v) is 12.0. The quantitative estimate of drug-likeness (QED) is 0.763. The van der Waals surface area contributed by atoms with Gasteiger partial charge in [0, 0.05) is 18.8 Å². The molecule has 0 aliphatic heterocycles. The predicted octanol–water partition coefficient (Wildman–Crippen LogP) is 2.28. The van der Waals surface area contributed by atoms with Gasteiger partial charge in [-0.05, 0) is 12.5 Å². The minimum absolute atomic E-state index is 0.142. The second-order valence-electron chi connectivity index (χ2n) is 4.72. The zero-order chi connectivity index (χ0) is 15.1. The fraction of sp³-hybridized carbons (Fsp3) is 0.429. The van der Waals surface area contributed by atoms with Gasteiger partial charge in [0.25, 0.3) is 5.95 Å². The average molecular weight is 289 g/mol. The molecule has 0 atom stereocenters. The van der Waals surface area contributed by atoms with Gasteiger partial charge in [-0.15, -0.1) is 0 Å². The third-order valence-electron chi connectivity index (χ3n) is 3.00. The monoisotopic (exact) mass is 289 g/mol. The Kier molecular flexibility index (Phi) is 5.25. The summed E-state index contributed by atoms with van der Waals surface area (Å²) in [6.07, 6.45) is 9.19. The molecular weight excluding hydrogens is 270 g/mol. The van der Waals surface area contributed by atoms with Gasteiger partial charge in [0.05, 0.1) is 6.20 Å². The van der Waals surface area contributed by atoms with Crippen LogP contribution in [0.15, 0.2) is 24.7 Å². The summed E-state index contributed by atoms with van der Waals surface area (Å²) >= 11 is 0. The molecule has 2 aromatic heterocycles. The van der Waals surface area contributed by atoms with Crippen molar-refractivity contribution >= 4 is 11.6 Å². The van der Waals surface area contributed by atoms with Crippen LogP contribution >= 0.6 is 0 Å². The van der Waals surface area contributed by atoms with Crippen molar-refractivity contribution < 1.29 is 9.90 Å². The van der Waals surface area contributed by atoms with Crippen LogP contribution in [0.25, 0.3) is 5.95 Å². The van der Waals surface area contributed by atoms with E-state index >= 15 is 0 Å². The van der Waals surface area contributed by atoms with E-state index in [0.29, 0.717) is 6.42 Å². The number of carbonyl (C=O) groups excluding carboxylic acids is 1. The molecule has 2 heterocycles. The Morgan fingerprint density at radius 2 is 2.24 bits per heavy atom. The Balaban J connectivity index is 1.93. The molecule has 0 radical (unpaired) electrons. The minimum atomic E-state index is -0.266. The van der Waals surface area contributed by atoms with Crippen molar-refractivity contribution in [2.24, 2.45) is 0 Å². The SMILES string of the molecule is CCCCCCC(=O)Nc1cnc(-n2cccn2)nc1O. The van der Waals surface area contributed by atoms with Gasteiger partial charge in [-0.25, -0.2) is 9.67 Å². The number of unbranched alkanes of at least 4 members (excludes halogenated alkanes) is 3. The van der Waals surface area contributed by atoms with Crippen molar-refractivity contribution in [3.8, 4) is 11.8 Å². The van der Waals surface area contributed by atoms with Crippen molar-refractivity contribution in [3.63, 3.8) is 0 Å². The highest BCUT2D eigenvalue weighted by Crippen LogP contribution is 2.20. The first-order chi connectivity index (χ1) is 10.2. The first-order valence-electron chi connectivity index (χ1n) is 7.06. The third kappa shape index (κ3) is 4.27. The number of nitrogens with one attached hydrogen (secondary N) is 1. The normalized spacial score (nSPS) is 10.5. The molecule has 0 saturated heterocycles. The number of aromatic nitrogens is 4. The van der Waals surface area contributed by atoms with Gasteiger partial charge in [-0.1, -0.05) is 26.2 Å². The molecule has 7 nitrogen and oxygen atoms in total. The summed E-state index contributed by atoms with van der Waals surface area (Å²) in [5.74, 6) is -0.160. The molecule has 2 aromatic rings. The lowest BCUT2D eigenvalue weighted by Gasteiger charge is -2.07. The maximum absolute atomic E-state index is 11.7. The molecule has 21 heavy (non-hydrogen) atoms. The third-order valence-corrected chi connectivity index (χ3v) is 3.00. The van der Waals surface area contributed by atoms with Gasteiger partial charge in [0.15, 0.2) is 0 Å². The Hall–Kier alpha value is -2.44. The molecule has 0 unspecified atom stereocenters. The summed E-state index contributed by atoms with van der Waals surface area (Å²) in [6.45, 7) is 2.12. The summed E-state index contributed by atoms with van der Waals surface area (Å²) in [5.41, 5.74) is 0.214. The zero-order valence-electron chi connectivity index (χ0n) is 12.0. The van der Waals surface area contributed by atoms with Crippen LogP contribution < -0.4 is 5.32 Å². The summed E-state index contributed by atoms with van der Waals surface area (Å²) in [6, 6.07) is 1.73. The lowest BCUT2D eigenvalue weighted by atomic mass is 10.1. The van der Waals surface area contributed by atoms with E-state index in [1.165, 1.54) is 10.9 Å². The molecule has 0 aliphatic carbocycles. The van der Waals surface area contributed by atoms with E-state index in [9.17, 15) is 9.90 Å². The molecule has 0 saturated carbocycles. The molecule has 0 bridgehead atoms. The highest BCUT2D eigenvalue weighted by molar-refractivity contribution is 5.91. The number of amides is 1. The predicted molar refractivity (Wildman–Crippen MR) is 78.2 cm³/mol. The fourth-order valence-corrected chi connectivity index (χ4v) is 1.87. The number of carbonyl (C=O) groups is 1. The summed E-state index contributed by atoms with van der Waals surface area (Å²) in [5, 5.41) is 16.4. The molecule has 0 fully saturated rings. The number of nitrogens with zero attached hydrogens (tertiary/aromatic N) is 4. The van der Waals surface area contributed by atoms with E-state index in [4.69, 9.17) is 0 Å². The number of hydrogen-bond donors (Lipinski definition) is 2. The topological polar surface area (TPSA) is 92.9 Å². The Morgan fingerprint density at radius 3 is 2.90 bits per heavy atom. The average Bonchev–Trinajstić information content (AvgIpc) is 3.00. The molecule has 0 aromatic carbocycles. The van der Waals surface area contributed by atoms with Crippen molar-refractivity contribution in [1.82, 2.24) is 19.7 Å². The molecule has 2 N–H and O–H groups in total. The Labute approximate surface area is 123 Å². The summed E-state index contributed by atoms with van der Waals surface area (Å²) < 4.78 is 1.43. The minimum Gasteiger partial charge on any atom is -0.492 e. The molecule has 2 rings (SSSR count). The van der Waals surface area contributed by atoms with Crippen LogP contribution in [0.1, 0.15) is 39.0 Å². The van der Waals surface area contributed by atoms with Crippen LogP contribution in [0, 0.1) is 0 Å². The van der Waals surface area contributed by atoms with Crippen LogP contribution in [-0.4, -0.2) is 30.8 Å². The lowest BCUT2D eigenvalue weighted by molar-refractivity contribution is -0.116. The van der Waals surface area contributed by atoms with Gasteiger partial charge in [0.1, 0.15) is 5.69 Å². The van der Waals surface area contributed by atoms with Gasteiger partial charge in [-0.3, -0.25) is 4.79 Å². The van der Waals surface area contributed by atoms with Crippen LogP contribution in [0.5, 0.6) is 5.88 Å². The first-order valence-corrected chi connectivity index (χ1v) is 7.06. The number of hydrogen-bond acceptors (Lipinski definition) is 5. The summed E-state index contributed by atoms with van der Waals surface area (Å²) in [7, 11) is 0. The molecular formula is C14H19N5O2. The lowest BCUT2D eigenvalue weighted by Crippen LogP contribution is -2.12. The first kappa shape index (κ1) is 15.0. The second kappa shape index (κ2) is 7.37. The van der Waals surface area contributed by atoms with Gasteiger partial charge in [-0.2, -0.15) is 10.1 Å². The highest BCUT2D eigenvalue weighted by atomic mass is 16.3. The summed E-state index contributed by atoms with van der Waals surface area (Å²) in [4.78, 5) is 19.7. The van der Waals surface area contributed by atoms with Crippen LogP contribution in [0.4, 0.5) is 5.69 Å². The fourth-order valence-electron chi connectivity index (χ4n) is 1.87. The van der Waals surface area contributed by atoms with Crippen molar-refractivity contribution in [1.29, 1.82) is 0 Å². The largest absolute Gasteiger partial charge is 0.492 e. The maximum Gasteiger partial charge on any atom is 0.253 e. The molecule has 7 heteroatoms. The van der Waals surface area contributed by atoms with Crippen molar-refractivity contribution in [2.75, 3.05) is 5.32 Å². The van der Waals surface area contributed by atoms with Crippen LogP contribution in [0.2, 0.25) is 0 Å². The van der Waals surface area contributed by atoms with Crippen LogP contribution in [-0.2, 0) is 4.79 Å². The standard InChI is InChI=1S/C14H19N5O2/c1-2-3-4-5-7-12(20)17-11-10-15-14(18-13(11)21)19-9-6-8-16-19/h6,8-10H,2-5,7H2,1H3,(H,17,20)(H,15,18,21). The van der Waals surface area contributed by atoms with E-state index in [-0.39, 0.29) is 23.4 Å². The van der Waals surface area contributed by atoms with Crippen molar-refractivity contribution in [3.05, 3.63) is 24.7 Å². The molecule has 0 aliphatic rings. The number of aromatic hydroxyl groups is 1. The molecule has 112 valence electrons. The number of anilines is 1. The Bertz CT molecular complexity index is 583. The van der Waals surface area contributed by atoms with E-state index < -0.39 is 0 Å². The molecule has 1 amide bonds. The number of rotatable bonds is 7. The Morgan fingerprint density at radius 1 is 1.38 bits per heavy atom. The second-order valence-corrected chi connectivity index (χ2v) is 4.72. The smallest absolute Gasteiger partial charge is 0.253 e. The van der Waals surface area contributed by atoms with E-state index in [1.54, 1.807) is 18.5 Å². The van der Waals surface area contributed by atoms with Crippen molar-refractivity contribution in [2.45, 2.75) is 39.0 Å². The van der Waals surface area contributed by atoms with Gasteiger partial charge < -0.3 is 10.4 Å². The van der Waals surface area contributed by atoms with Gasteiger partial charge >= 0.3 is 0 Å².